The van der Waals surface area contributed by atoms with E-state index in [9.17, 15) is 4.39 Å². The highest BCUT2D eigenvalue weighted by Crippen LogP contribution is 2.16. The molecular formula is C7H8FNS. The van der Waals surface area contributed by atoms with Crippen LogP contribution in [-0.4, -0.2) is 11.2 Å². The number of hydrogen-bond acceptors (Lipinski definition) is 2. The van der Waals surface area contributed by atoms with Gasteiger partial charge in [0, 0.05) is 0 Å². The maximum atomic E-state index is 12.4. The fourth-order valence-corrected chi connectivity index (χ4v) is 1.28. The quantitative estimate of drug-likeness (QED) is 0.580. The van der Waals surface area contributed by atoms with E-state index in [4.69, 9.17) is 0 Å². The molecular weight excluding hydrogens is 149 g/mol. The Morgan fingerprint density at radius 1 is 1.60 bits per heavy atom. The van der Waals surface area contributed by atoms with E-state index in [2.05, 4.69) is 4.98 Å². The summed E-state index contributed by atoms with van der Waals surface area (Å²) in [6.07, 6.45) is 3.16. The molecule has 0 unspecified atom stereocenters. The molecule has 0 aliphatic heterocycles. The number of aryl methyl sites for hydroxylation is 1. The van der Waals surface area contributed by atoms with Crippen LogP contribution in [0.25, 0.3) is 0 Å². The molecule has 1 heterocycles. The second kappa shape index (κ2) is 3.01. The van der Waals surface area contributed by atoms with E-state index in [0.29, 0.717) is 0 Å². The van der Waals surface area contributed by atoms with Gasteiger partial charge in [0.15, 0.2) is 0 Å². The van der Waals surface area contributed by atoms with Crippen LogP contribution >= 0.6 is 11.8 Å². The lowest BCUT2D eigenvalue weighted by molar-refractivity contribution is 0.616. The average molecular weight is 157 g/mol. The molecule has 0 aromatic carbocycles. The van der Waals surface area contributed by atoms with Gasteiger partial charge in [-0.15, -0.1) is 11.8 Å². The molecule has 54 valence electrons. The summed E-state index contributed by atoms with van der Waals surface area (Å²) in [4.78, 5) is 3.88. The van der Waals surface area contributed by atoms with E-state index >= 15 is 0 Å². The van der Waals surface area contributed by atoms with Gasteiger partial charge in [-0.1, -0.05) is 0 Å². The van der Waals surface area contributed by atoms with Crippen LogP contribution in [0.4, 0.5) is 4.39 Å². The maximum absolute atomic E-state index is 12.4. The SMILES string of the molecule is CSc1ncc(F)cc1C. The number of halogens is 1. The van der Waals surface area contributed by atoms with Crippen molar-refractivity contribution >= 4 is 11.8 Å². The Kier molecular flexibility index (Phi) is 2.27. The van der Waals surface area contributed by atoms with Crippen LogP contribution in [0, 0.1) is 12.7 Å². The van der Waals surface area contributed by atoms with Crippen LogP contribution < -0.4 is 0 Å². The Labute approximate surface area is 63.7 Å². The molecule has 1 nitrogen and oxygen atoms in total. The average Bonchev–Trinajstić information content (AvgIpc) is 1.88. The zero-order chi connectivity index (χ0) is 7.56. The molecule has 10 heavy (non-hydrogen) atoms. The zero-order valence-corrected chi connectivity index (χ0v) is 6.70. The normalized spacial score (nSPS) is 9.90. The van der Waals surface area contributed by atoms with Crippen molar-refractivity contribution in [2.75, 3.05) is 6.26 Å². The molecule has 0 fully saturated rings. The summed E-state index contributed by atoms with van der Waals surface area (Å²) in [6.45, 7) is 1.85. The van der Waals surface area contributed by atoms with Crippen molar-refractivity contribution in [3.05, 3.63) is 23.6 Å². The predicted molar refractivity (Wildman–Crippen MR) is 40.7 cm³/mol. The van der Waals surface area contributed by atoms with Crippen molar-refractivity contribution < 1.29 is 4.39 Å². The number of nitrogens with zero attached hydrogens (tertiary/aromatic N) is 1. The number of thioether (sulfide) groups is 1. The van der Waals surface area contributed by atoms with E-state index in [1.807, 2.05) is 13.2 Å². The molecule has 0 spiro atoms. The highest BCUT2D eigenvalue weighted by Gasteiger charge is 1.97. The molecule has 0 amide bonds. The molecule has 1 aromatic heterocycles. The van der Waals surface area contributed by atoms with Crippen molar-refractivity contribution in [2.24, 2.45) is 0 Å². The minimum atomic E-state index is -0.268. The smallest absolute Gasteiger partial charge is 0.141 e. The second-order valence-electron chi connectivity index (χ2n) is 1.98. The van der Waals surface area contributed by atoms with E-state index in [1.54, 1.807) is 0 Å². The van der Waals surface area contributed by atoms with E-state index in [-0.39, 0.29) is 5.82 Å². The Bertz CT molecular complexity index is 237. The van der Waals surface area contributed by atoms with E-state index < -0.39 is 0 Å². The summed E-state index contributed by atoms with van der Waals surface area (Å²) in [7, 11) is 0. The van der Waals surface area contributed by atoms with Gasteiger partial charge < -0.3 is 0 Å². The van der Waals surface area contributed by atoms with Gasteiger partial charge in [-0.3, -0.25) is 0 Å². The number of hydrogen-bond donors (Lipinski definition) is 0. The molecule has 0 radical (unpaired) electrons. The zero-order valence-electron chi connectivity index (χ0n) is 5.89. The van der Waals surface area contributed by atoms with Crippen molar-refractivity contribution in [3.63, 3.8) is 0 Å². The molecule has 0 aliphatic rings. The third-order valence-corrected chi connectivity index (χ3v) is 2.00. The minimum Gasteiger partial charge on any atom is -0.247 e. The van der Waals surface area contributed by atoms with Crippen LogP contribution in [0.5, 0.6) is 0 Å². The van der Waals surface area contributed by atoms with Crippen LogP contribution in [0.1, 0.15) is 5.56 Å². The van der Waals surface area contributed by atoms with Crippen molar-refractivity contribution in [1.82, 2.24) is 4.98 Å². The fourth-order valence-electron chi connectivity index (χ4n) is 0.742. The first-order valence-corrected chi connectivity index (χ1v) is 4.12. The van der Waals surface area contributed by atoms with Gasteiger partial charge in [-0.25, -0.2) is 9.37 Å². The third kappa shape index (κ3) is 1.48. The van der Waals surface area contributed by atoms with E-state index in [1.165, 1.54) is 24.0 Å². The number of rotatable bonds is 1. The first-order chi connectivity index (χ1) is 4.74. The Morgan fingerprint density at radius 2 is 2.30 bits per heavy atom. The summed E-state index contributed by atoms with van der Waals surface area (Å²) in [5, 5.41) is 0.890. The monoisotopic (exact) mass is 157 g/mol. The Morgan fingerprint density at radius 3 is 2.80 bits per heavy atom. The van der Waals surface area contributed by atoms with Gasteiger partial charge in [-0.05, 0) is 24.8 Å². The molecule has 0 N–H and O–H groups in total. The topological polar surface area (TPSA) is 12.9 Å². The van der Waals surface area contributed by atoms with Crippen molar-refractivity contribution in [3.8, 4) is 0 Å². The summed E-state index contributed by atoms with van der Waals surface area (Å²) in [6, 6.07) is 1.48. The molecule has 1 rings (SSSR count). The van der Waals surface area contributed by atoms with Gasteiger partial charge in [0.25, 0.3) is 0 Å². The maximum Gasteiger partial charge on any atom is 0.141 e. The van der Waals surface area contributed by atoms with Crippen molar-refractivity contribution in [1.29, 1.82) is 0 Å². The highest BCUT2D eigenvalue weighted by atomic mass is 32.2. The first kappa shape index (κ1) is 7.54. The molecule has 0 bridgehead atoms. The molecule has 0 atom stereocenters. The number of aromatic nitrogens is 1. The Balaban J connectivity index is 3.07. The summed E-state index contributed by atoms with van der Waals surface area (Å²) in [5.74, 6) is -0.268. The van der Waals surface area contributed by atoms with Crippen LogP contribution in [0.2, 0.25) is 0 Å². The summed E-state index contributed by atoms with van der Waals surface area (Å²) >= 11 is 1.53. The van der Waals surface area contributed by atoms with Crippen LogP contribution in [0.3, 0.4) is 0 Å². The standard InChI is InChI=1S/C7H8FNS/c1-5-3-6(8)4-9-7(5)10-2/h3-4H,1-2H3. The van der Waals surface area contributed by atoms with Gasteiger partial charge in [0.1, 0.15) is 5.82 Å². The van der Waals surface area contributed by atoms with Gasteiger partial charge >= 0.3 is 0 Å². The number of pyridine rings is 1. The van der Waals surface area contributed by atoms with Gasteiger partial charge in [0.2, 0.25) is 0 Å². The molecule has 0 saturated carbocycles. The molecule has 3 heteroatoms. The van der Waals surface area contributed by atoms with Gasteiger partial charge in [0.05, 0.1) is 11.2 Å². The lowest BCUT2D eigenvalue weighted by atomic mass is 10.3. The fraction of sp³-hybridized carbons (Fsp3) is 0.286. The predicted octanol–water partition coefficient (Wildman–Crippen LogP) is 2.25. The van der Waals surface area contributed by atoms with Crippen molar-refractivity contribution in [2.45, 2.75) is 11.9 Å². The van der Waals surface area contributed by atoms with Crippen LogP contribution in [-0.2, 0) is 0 Å². The lowest BCUT2D eigenvalue weighted by Crippen LogP contribution is -1.85. The van der Waals surface area contributed by atoms with Crippen LogP contribution in [0.15, 0.2) is 17.3 Å². The molecule has 1 aromatic rings. The summed E-state index contributed by atoms with van der Waals surface area (Å²) < 4.78 is 12.4. The minimum absolute atomic E-state index is 0.268. The Hall–Kier alpha value is -0.570. The molecule has 0 saturated heterocycles. The first-order valence-electron chi connectivity index (χ1n) is 2.90. The highest BCUT2D eigenvalue weighted by molar-refractivity contribution is 7.98. The largest absolute Gasteiger partial charge is 0.247 e. The second-order valence-corrected chi connectivity index (χ2v) is 2.77. The summed E-state index contributed by atoms with van der Waals surface area (Å²) in [5.41, 5.74) is 0.896. The lowest BCUT2D eigenvalue weighted by Gasteiger charge is -1.98. The van der Waals surface area contributed by atoms with E-state index in [0.717, 1.165) is 10.6 Å². The molecule has 0 aliphatic carbocycles. The third-order valence-electron chi connectivity index (χ3n) is 1.19. The van der Waals surface area contributed by atoms with Gasteiger partial charge in [-0.2, -0.15) is 0 Å².